The van der Waals surface area contributed by atoms with Crippen LogP contribution in [0, 0.1) is 5.82 Å². The van der Waals surface area contributed by atoms with Crippen LogP contribution in [0.4, 0.5) is 4.39 Å². The number of aromatic carboxylic acids is 1. The van der Waals surface area contributed by atoms with E-state index in [0.717, 1.165) is 32.0 Å². The maximum atomic E-state index is 13.4. The summed E-state index contributed by atoms with van der Waals surface area (Å²) in [5.74, 6) is -1.94. The highest BCUT2D eigenvalue weighted by Gasteiger charge is 2.21. The summed E-state index contributed by atoms with van der Waals surface area (Å²) in [6.07, 6.45) is 1.56. The van der Waals surface area contributed by atoms with Gasteiger partial charge < -0.3 is 15.2 Å². The lowest BCUT2D eigenvalue weighted by Crippen LogP contribution is -2.34. The first-order valence-electron chi connectivity index (χ1n) is 5.57. The standard InChI is InChI=1S/C12H14FNO3/c13-9-2-1-3-10(11(9)12(15)16)17-8-4-6-14-7-5-8/h1-3,8,14H,4-7H2,(H,15,16). The molecule has 5 heteroatoms. The van der Waals surface area contributed by atoms with Gasteiger partial charge in [0.1, 0.15) is 23.2 Å². The Morgan fingerprint density at radius 1 is 1.41 bits per heavy atom. The number of ether oxygens (including phenoxy) is 1. The highest BCUT2D eigenvalue weighted by atomic mass is 19.1. The Kier molecular flexibility index (Phi) is 3.58. The van der Waals surface area contributed by atoms with Crippen LogP contribution in [0.2, 0.25) is 0 Å². The molecule has 0 atom stereocenters. The zero-order valence-corrected chi connectivity index (χ0v) is 9.28. The highest BCUT2D eigenvalue weighted by Crippen LogP contribution is 2.24. The van der Waals surface area contributed by atoms with Gasteiger partial charge in [0.2, 0.25) is 0 Å². The van der Waals surface area contributed by atoms with Gasteiger partial charge in [0.05, 0.1) is 0 Å². The Balaban J connectivity index is 2.19. The fourth-order valence-corrected chi connectivity index (χ4v) is 1.90. The van der Waals surface area contributed by atoms with Crippen molar-refractivity contribution in [2.45, 2.75) is 18.9 Å². The number of hydrogen-bond donors (Lipinski definition) is 2. The minimum absolute atomic E-state index is 0.0452. The molecule has 0 radical (unpaired) electrons. The second-order valence-electron chi connectivity index (χ2n) is 3.99. The maximum absolute atomic E-state index is 13.4. The van der Waals surface area contributed by atoms with Gasteiger partial charge in [0.15, 0.2) is 0 Å². The van der Waals surface area contributed by atoms with Crippen LogP contribution in [-0.2, 0) is 0 Å². The van der Waals surface area contributed by atoms with Crippen molar-refractivity contribution in [3.05, 3.63) is 29.6 Å². The molecule has 2 N–H and O–H groups in total. The van der Waals surface area contributed by atoms with E-state index < -0.39 is 11.8 Å². The van der Waals surface area contributed by atoms with Gasteiger partial charge in [0.25, 0.3) is 0 Å². The summed E-state index contributed by atoms with van der Waals surface area (Å²) in [6.45, 7) is 1.67. The molecule has 1 aliphatic rings. The Morgan fingerprint density at radius 3 is 2.76 bits per heavy atom. The third-order valence-corrected chi connectivity index (χ3v) is 2.77. The van der Waals surface area contributed by atoms with E-state index in [4.69, 9.17) is 9.84 Å². The summed E-state index contributed by atoms with van der Waals surface area (Å²) < 4.78 is 18.9. The Morgan fingerprint density at radius 2 is 2.12 bits per heavy atom. The van der Waals surface area contributed by atoms with Gasteiger partial charge in [-0.15, -0.1) is 0 Å². The van der Waals surface area contributed by atoms with E-state index in [-0.39, 0.29) is 17.4 Å². The molecule has 0 aromatic heterocycles. The lowest BCUT2D eigenvalue weighted by molar-refractivity contribution is 0.0681. The molecule has 1 aromatic carbocycles. The lowest BCUT2D eigenvalue weighted by atomic mass is 10.1. The average Bonchev–Trinajstić information content (AvgIpc) is 2.30. The average molecular weight is 239 g/mol. The summed E-state index contributed by atoms with van der Waals surface area (Å²) in [6, 6.07) is 4.07. The van der Waals surface area contributed by atoms with Crippen molar-refractivity contribution in [2.24, 2.45) is 0 Å². The molecule has 17 heavy (non-hydrogen) atoms. The first-order chi connectivity index (χ1) is 8.18. The Bertz CT molecular complexity index is 416. The molecule has 2 rings (SSSR count). The van der Waals surface area contributed by atoms with Gasteiger partial charge in [-0.2, -0.15) is 0 Å². The van der Waals surface area contributed by atoms with Crippen LogP contribution >= 0.6 is 0 Å². The molecule has 4 nitrogen and oxygen atoms in total. The van der Waals surface area contributed by atoms with Crippen molar-refractivity contribution in [1.82, 2.24) is 5.32 Å². The fourth-order valence-electron chi connectivity index (χ4n) is 1.90. The van der Waals surface area contributed by atoms with E-state index in [2.05, 4.69) is 5.32 Å². The largest absolute Gasteiger partial charge is 0.489 e. The number of nitrogens with one attached hydrogen (secondary N) is 1. The van der Waals surface area contributed by atoms with Crippen molar-refractivity contribution in [2.75, 3.05) is 13.1 Å². The van der Waals surface area contributed by atoms with Gasteiger partial charge in [-0.3, -0.25) is 0 Å². The van der Waals surface area contributed by atoms with Gasteiger partial charge in [-0.05, 0) is 38.1 Å². The maximum Gasteiger partial charge on any atom is 0.342 e. The fraction of sp³-hybridized carbons (Fsp3) is 0.417. The van der Waals surface area contributed by atoms with Crippen LogP contribution in [-0.4, -0.2) is 30.3 Å². The Hall–Kier alpha value is -1.62. The second kappa shape index (κ2) is 5.14. The molecular weight excluding hydrogens is 225 g/mol. The van der Waals surface area contributed by atoms with E-state index in [0.29, 0.717) is 0 Å². The first-order valence-corrected chi connectivity index (χ1v) is 5.57. The molecular formula is C12H14FNO3. The number of carbonyl (C=O) groups is 1. The molecule has 1 saturated heterocycles. The third kappa shape index (κ3) is 2.74. The van der Waals surface area contributed by atoms with Crippen molar-refractivity contribution in [1.29, 1.82) is 0 Å². The zero-order chi connectivity index (χ0) is 12.3. The summed E-state index contributed by atoms with van der Waals surface area (Å²) in [7, 11) is 0. The summed E-state index contributed by atoms with van der Waals surface area (Å²) in [5, 5.41) is 12.1. The van der Waals surface area contributed by atoms with Gasteiger partial charge in [-0.25, -0.2) is 9.18 Å². The summed E-state index contributed by atoms with van der Waals surface area (Å²) in [5.41, 5.74) is -0.383. The van der Waals surface area contributed by atoms with Crippen molar-refractivity contribution in [3.8, 4) is 5.75 Å². The minimum Gasteiger partial charge on any atom is -0.489 e. The third-order valence-electron chi connectivity index (χ3n) is 2.77. The minimum atomic E-state index is -1.30. The number of benzene rings is 1. The molecule has 0 amide bonds. The number of piperidine rings is 1. The predicted molar refractivity (Wildman–Crippen MR) is 59.9 cm³/mol. The molecule has 0 saturated carbocycles. The summed E-state index contributed by atoms with van der Waals surface area (Å²) in [4.78, 5) is 11.0. The van der Waals surface area contributed by atoms with Crippen LogP contribution in [0.3, 0.4) is 0 Å². The predicted octanol–water partition coefficient (Wildman–Crippen LogP) is 1.65. The monoisotopic (exact) mass is 239 g/mol. The van der Waals surface area contributed by atoms with Crippen molar-refractivity contribution in [3.63, 3.8) is 0 Å². The van der Waals surface area contributed by atoms with E-state index in [1.807, 2.05) is 0 Å². The molecule has 1 fully saturated rings. The molecule has 0 aliphatic carbocycles. The van der Waals surface area contributed by atoms with E-state index in [1.165, 1.54) is 12.1 Å². The normalized spacial score (nSPS) is 16.8. The quantitative estimate of drug-likeness (QED) is 0.842. The second-order valence-corrected chi connectivity index (χ2v) is 3.99. The van der Waals surface area contributed by atoms with Crippen LogP contribution < -0.4 is 10.1 Å². The number of hydrogen-bond acceptors (Lipinski definition) is 3. The van der Waals surface area contributed by atoms with Crippen LogP contribution in [0.15, 0.2) is 18.2 Å². The highest BCUT2D eigenvalue weighted by molar-refractivity contribution is 5.91. The SMILES string of the molecule is O=C(O)c1c(F)cccc1OC1CCNCC1. The van der Waals surface area contributed by atoms with E-state index in [1.54, 1.807) is 0 Å². The number of halogens is 1. The molecule has 0 unspecified atom stereocenters. The van der Waals surface area contributed by atoms with Gasteiger partial charge in [-0.1, -0.05) is 6.07 Å². The smallest absolute Gasteiger partial charge is 0.342 e. The van der Waals surface area contributed by atoms with Crippen LogP contribution in [0.5, 0.6) is 5.75 Å². The van der Waals surface area contributed by atoms with Crippen LogP contribution in [0.25, 0.3) is 0 Å². The van der Waals surface area contributed by atoms with Crippen LogP contribution in [0.1, 0.15) is 23.2 Å². The van der Waals surface area contributed by atoms with E-state index in [9.17, 15) is 9.18 Å². The van der Waals surface area contributed by atoms with Gasteiger partial charge >= 0.3 is 5.97 Å². The van der Waals surface area contributed by atoms with Gasteiger partial charge in [0, 0.05) is 0 Å². The van der Waals surface area contributed by atoms with E-state index >= 15 is 0 Å². The Labute approximate surface area is 98.4 Å². The molecule has 1 heterocycles. The number of rotatable bonds is 3. The van der Waals surface area contributed by atoms with Crippen molar-refractivity contribution >= 4 is 5.97 Å². The first kappa shape index (κ1) is 11.9. The topological polar surface area (TPSA) is 58.6 Å². The zero-order valence-electron chi connectivity index (χ0n) is 9.28. The summed E-state index contributed by atoms with van der Waals surface area (Å²) >= 11 is 0. The number of carboxylic acid groups (broad SMARTS) is 1. The molecule has 0 spiro atoms. The molecule has 1 aromatic rings. The molecule has 92 valence electrons. The molecule has 1 aliphatic heterocycles. The van der Waals surface area contributed by atoms with Crippen molar-refractivity contribution < 1.29 is 19.0 Å². The number of carboxylic acids is 1. The molecule has 0 bridgehead atoms. The lowest BCUT2D eigenvalue weighted by Gasteiger charge is -2.24.